The Morgan fingerprint density at radius 2 is 1.46 bits per heavy atom. The standard InChI is InChI=1S/C37H38N2O6S2.Na/c1-3-38(26-28-11-7-5-8-12-28)32-19-15-30(16-20-32)37(35-24-23-34(46-45-44-40)25-36(35)43-47(41)42)31-17-21-33(22-18-31)39(4-2)27-29-13-9-6-10-14-29;/h5-25,32,40H,3-4,26-27H2,1-2H3,(H,41,42);/q;+1/p-2. The summed E-state index contributed by atoms with van der Waals surface area (Å²) < 4.78 is 33.3. The van der Waals surface area contributed by atoms with E-state index in [-0.39, 0.29) is 41.3 Å². The Balaban J connectivity index is 0.00000520. The minimum Gasteiger partial charge on any atom is -0.740 e. The van der Waals surface area contributed by atoms with Crippen LogP contribution in [0, 0.1) is 0 Å². The third-order valence-corrected chi connectivity index (χ3v) is 8.83. The van der Waals surface area contributed by atoms with Gasteiger partial charge in [0.05, 0.1) is 12.0 Å². The molecular formula is C37H36N2NaO6S2-. The van der Waals surface area contributed by atoms with Gasteiger partial charge in [-0.05, 0) is 71.6 Å². The van der Waals surface area contributed by atoms with Gasteiger partial charge in [0.1, 0.15) is 17.1 Å². The second-order valence-electron chi connectivity index (χ2n) is 10.8. The van der Waals surface area contributed by atoms with Crippen LogP contribution in [-0.2, 0) is 33.8 Å². The predicted octanol–water partition coefficient (Wildman–Crippen LogP) is 3.94. The third kappa shape index (κ3) is 10.3. The van der Waals surface area contributed by atoms with Crippen molar-refractivity contribution in [1.82, 2.24) is 4.90 Å². The Morgan fingerprint density at radius 1 is 0.833 bits per heavy atom. The van der Waals surface area contributed by atoms with Crippen LogP contribution in [0.2, 0.25) is 0 Å². The molecule has 0 saturated heterocycles. The molecule has 1 atom stereocenters. The van der Waals surface area contributed by atoms with E-state index in [0.29, 0.717) is 22.5 Å². The first-order valence-corrected chi connectivity index (χ1v) is 17.1. The van der Waals surface area contributed by atoms with Gasteiger partial charge in [-0.25, -0.2) is 4.21 Å². The maximum atomic E-state index is 11.8. The van der Waals surface area contributed by atoms with E-state index >= 15 is 0 Å². The van der Waals surface area contributed by atoms with Crippen molar-refractivity contribution >= 4 is 34.7 Å². The first-order chi connectivity index (χ1) is 23.0. The van der Waals surface area contributed by atoms with Crippen molar-refractivity contribution in [3.05, 3.63) is 155 Å². The molecule has 0 aliphatic heterocycles. The third-order valence-electron chi connectivity index (χ3n) is 7.95. The predicted molar refractivity (Wildman–Crippen MR) is 184 cm³/mol. The molecule has 0 aromatic heterocycles. The Labute approximate surface area is 311 Å². The molecule has 0 heterocycles. The van der Waals surface area contributed by atoms with Gasteiger partial charge in [0.25, 0.3) is 0 Å². The summed E-state index contributed by atoms with van der Waals surface area (Å²) in [5, 5.41) is 13.9. The van der Waals surface area contributed by atoms with Gasteiger partial charge in [0, 0.05) is 41.8 Å². The van der Waals surface area contributed by atoms with Crippen molar-refractivity contribution in [1.29, 1.82) is 0 Å². The Kier molecular flexibility index (Phi) is 15.2. The first kappa shape index (κ1) is 37.8. The molecule has 0 amide bonds. The van der Waals surface area contributed by atoms with E-state index in [9.17, 15) is 14.0 Å². The fourth-order valence-corrected chi connectivity index (χ4v) is 6.31. The van der Waals surface area contributed by atoms with Crippen molar-refractivity contribution in [3.63, 3.8) is 0 Å². The molecule has 5 rings (SSSR count). The number of hydrogen-bond acceptors (Lipinski definition) is 9. The summed E-state index contributed by atoms with van der Waals surface area (Å²) in [6, 6.07) is 34.0. The van der Waals surface area contributed by atoms with Crippen LogP contribution in [0.4, 0.5) is 5.69 Å². The normalized spacial score (nSPS) is 14.4. The van der Waals surface area contributed by atoms with Crippen molar-refractivity contribution in [2.75, 3.05) is 18.0 Å². The Hall–Kier alpha value is -3.00. The average Bonchev–Trinajstić information content (AvgIpc) is 3.11. The first-order valence-electron chi connectivity index (χ1n) is 15.3. The van der Waals surface area contributed by atoms with Crippen LogP contribution in [0.3, 0.4) is 0 Å². The Morgan fingerprint density at radius 3 is 2.02 bits per heavy atom. The minimum absolute atomic E-state index is 0. The van der Waals surface area contributed by atoms with Gasteiger partial charge in [0.2, 0.25) is 0 Å². The maximum absolute atomic E-state index is 11.8. The molecule has 1 unspecified atom stereocenters. The summed E-state index contributed by atoms with van der Waals surface area (Å²) >= 11 is -2.19. The molecule has 4 aromatic rings. The number of likely N-dealkylation sites (N-methyl/N-ethyl adjacent to an activating group) is 1. The van der Waals surface area contributed by atoms with E-state index in [1.54, 1.807) is 12.1 Å². The summed E-state index contributed by atoms with van der Waals surface area (Å²) in [6.07, 6.45) is 8.46. The number of benzene rings is 4. The largest absolute Gasteiger partial charge is 1.00 e. The number of rotatable bonds is 15. The van der Waals surface area contributed by atoms with E-state index in [1.165, 1.54) is 17.2 Å². The second-order valence-corrected chi connectivity index (χ2v) is 12.1. The zero-order chi connectivity index (χ0) is 33.0. The van der Waals surface area contributed by atoms with E-state index in [4.69, 9.17) is 4.18 Å². The molecule has 244 valence electrons. The quantitative estimate of drug-likeness (QED) is 0.0604. The van der Waals surface area contributed by atoms with Crippen molar-refractivity contribution in [2.45, 2.75) is 37.9 Å². The van der Waals surface area contributed by atoms with Crippen LogP contribution in [0.1, 0.15) is 36.1 Å². The van der Waals surface area contributed by atoms with Crippen LogP contribution in [-0.4, -0.2) is 32.8 Å². The fraction of sp³-hybridized carbons (Fsp3) is 0.189. The van der Waals surface area contributed by atoms with E-state index in [1.807, 2.05) is 48.5 Å². The van der Waals surface area contributed by atoms with Crippen molar-refractivity contribution in [2.24, 2.45) is 0 Å². The van der Waals surface area contributed by atoms with Gasteiger partial charge in [-0.1, -0.05) is 104 Å². The monoisotopic (exact) mass is 691 g/mol. The molecule has 48 heavy (non-hydrogen) atoms. The number of nitrogens with zero attached hydrogens (tertiary/aromatic N) is 2. The van der Waals surface area contributed by atoms with Crippen LogP contribution in [0.25, 0.3) is 5.57 Å². The zero-order valence-corrected chi connectivity index (χ0v) is 30.8. The van der Waals surface area contributed by atoms with Crippen molar-refractivity contribution < 1.29 is 57.1 Å². The molecule has 0 N–H and O–H groups in total. The SMILES string of the molecule is CCN(Cc1ccccc1)c1ccc(C(=C2C=CC(N(CC)Cc3ccccc3)C=C2)c2ccc(SOO[O-])cc2OS(=O)[O-])cc1.[Na+]. The van der Waals surface area contributed by atoms with Gasteiger partial charge in [-0.3, -0.25) is 9.94 Å². The zero-order valence-electron chi connectivity index (χ0n) is 27.2. The molecule has 0 fully saturated rings. The Bertz CT molecular complexity index is 1700. The van der Waals surface area contributed by atoms with Gasteiger partial charge in [-0.15, -0.1) is 0 Å². The molecule has 1 aliphatic rings. The van der Waals surface area contributed by atoms with E-state index < -0.39 is 11.4 Å². The van der Waals surface area contributed by atoms with Gasteiger partial charge >= 0.3 is 29.6 Å². The molecule has 8 nitrogen and oxygen atoms in total. The maximum Gasteiger partial charge on any atom is 1.00 e. The van der Waals surface area contributed by atoms with Crippen LogP contribution >= 0.6 is 12.0 Å². The summed E-state index contributed by atoms with van der Waals surface area (Å²) in [4.78, 5) is 5.10. The van der Waals surface area contributed by atoms with Crippen LogP contribution in [0.5, 0.6) is 5.75 Å². The summed E-state index contributed by atoms with van der Waals surface area (Å²) in [6.45, 7) is 7.55. The molecule has 0 bridgehead atoms. The van der Waals surface area contributed by atoms with Gasteiger partial charge in [-0.2, -0.15) is 4.33 Å². The summed E-state index contributed by atoms with van der Waals surface area (Å²) in [5.41, 5.74) is 6.65. The van der Waals surface area contributed by atoms with Crippen LogP contribution < -0.4 is 43.9 Å². The molecule has 4 aromatic carbocycles. The smallest absolute Gasteiger partial charge is 0.740 e. The van der Waals surface area contributed by atoms with Gasteiger partial charge in [0.15, 0.2) is 0 Å². The fourth-order valence-electron chi connectivity index (χ4n) is 5.64. The van der Waals surface area contributed by atoms with E-state index in [0.717, 1.165) is 48.6 Å². The number of hydrogen-bond donors (Lipinski definition) is 0. The summed E-state index contributed by atoms with van der Waals surface area (Å²) in [5.74, 6) is 0.0897. The van der Waals surface area contributed by atoms with Gasteiger partial charge < -0.3 is 18.9 Å². The number of allylic oxidation sites excluding steroid dienone is 3. The molecule has 11 heteroatoms. The second kappa shape index (κ2) is 19.3. The average molecular weight is 692 g/mol. The minimum atomic E-state index is -2.85. The molecule has 0 saturated carbocycles. The van der Waals surface area contributed by atoms with Crippen LogP contribution in [0.15, 0.2) is 138 Å². The summed E-state index contributed by atoms with van der Waals surface area (Å²) in [7, 11) is 0. The molecule has 1 aliphatic carbocycles. The topological polar surface area (TPSA) is 97.4 Å². The molecule has 0 radical (unpaired) electrons. The number of anilines is 1. The van der Waals surface area contributed by atoms with E-state index in [2.05, 4.69) is 93.7 Å². The molecular weight excluding hydrogens is 656 g/mol. The van der Waals surface area contributed by atoms with Crippen molar-refractivity contribution in [3.8, 4) is 5.75 Å². The molecule has 0 spiro atoms.